The largest absolute Gasteiger partial charge is 0.508 e. The van der Waals surface area contributed by atoms with Gasteiger partial charge in [0.2, 0.25) is 0 Å². The highest BCUT2D eigenvalue weighted by atomic mass is 32.2. The monoisotopic (exact) mass is 389 g/mol. The third-order valence-corrected chi connectivity index (χ3v) is 5.81. The average Bonchev–Trinajstić information content (AvgIpc) is 2.62. The predicted octanol–water partition coefficient (Wildman–Crippen LogP) is 2.80. The van der Waals surface area contributed by atoms with Gasteiger partial charge in [-0.15, -0.1) is 0 Å². The zero-order chi connectivity index (χ0) is 19.0. The summed E-state index contributed by atoms with van der Waals surface area (Å²) in [7, 11) is -3.79. The van der Waals surface area contributed by atoms with E-state index in [0.717, 1.165) is 32.4 Å². The van der Waals surface area contributed by atoms with Crippen LogP contribution in [-0.4, -0.2) is 37.4 Å². The highest BCUT2D eigenvalue weighted by Gasteiger charge is 2.21. The van der Waals surface area contributed by atoms with Crippen LogP contribution in [0.1, 0.15) is 19.3 Å². The number of nitrogens with zero attached hydrogens (tertiary/aromatic N) is 1. The first kappa shape index (κ1) is 17.8. The summed E-state index contributed by atoms with van der Waals surface area (Å²) in [5.74, 6) is -0.0925. The van der Waals surface area contributed by atoms with Gasteiger partial charge in [-0.2, -0.15) is 8.42 Å². The number of piperidine rings is 1. The van der Waals surface area contributed by atoms with E-state index in [9.17, 15) is 18.3 Å². The van der Waals surface area contributed by atoms with Gasteiger partial charge in [0.15, 0.2) is 0 Å². The van der Waals surface area contributed by atoms with Crippen molar-refractivity contribution in [2.45, 2.75) is 19.3 Å². The van der Waals surface area contributed by atoms with Crippen LogP contribution in [-0.2, 0) is 10.1 Å². The van der Waals surface area contributed by atoms with Crippen LogP contribution in [0.5, 0.6) is 11.5 Å². The lowest BCUT2D eigenvalue weighted by molar-refractivity contribution is 0.255. The summed E-state index contributed by atoms with van der Waals surface area (Å²) < 4.78 is 35.2. The fourth-order valence-electron chi connectivity index (χ4n) is 3.44. The van der Waals surface area contributed by atoms with Crippen molar-refractivity contribution < 1.29 is 22.1 Å². The molecule has 1 N–H and O–H groups in total. The molecule has 2 aromatic carbocycles. The SMILES string of the molecule is O=c1oc2cc(OS(=O)(=O)CN3CCCCC3)ccc2c2ccc(O)cc12. The standard InChI is InChI=1S/C19H19NO6S/c21-13-4-6-15-16-7-5-14(11-18(16)25-19(22)17(15)10-13)26-27(23,24)12-20-8-2-1-3-9-20/h4-7,10-11,21H,1-3,8-9,12H2. The summed E-state index contributed by atoms with van der Waals surface area (Å²) >= 11 is 0. The normalized spacial score (nSPS) is 16.0. The van der Waals surface area contributed by atoms with Crippen LogP contribution >= 0.6 is 0 Å². The molecular formula is C19H19NO6S. The summed E-state index contributed by atoms with van der Waals surface area (Å²) in [6.07, 6.45) is 3.09. The van der Waals surface area contributed by atoms with Crippen LogP contribution in [0.4, 0.5) is 0 Å². The molecule has 0 radical (unpaired) electrons. The smallest absolute Gasteiger partial charge is 0.344 e. The number of benzene rings is 2. The van der Waals surface area contributed by atoms with Crippen LogP contribution in [0, 0.1) is 0 Å². The maximum atomic E-state index is 12.3. The second kappa shape index (κ2) is 6.86. The van der Waals surface area contributed by atoms with Gasteiger partial charge in [0.05, 0.1) is 5.39 Å². The lowest BCUT2D eigenvalue weighted by Crippen LogP contribution is -2.36. The summed E-state index contributed by atoms with van der Waals surface area (Å²) in [5.41, 5.74) is -0.384. The topological polar surface area (TPSA) is 97.0 Å². The fraction of sp³-hybridized carbons (Fsp3) is 0.316. The molecule has 4 rings (SSSR count). The summed E-state index contributed by atoms with van der Waals surface area (Å²) in [5, 5.41) is 11.1. The molecule has 0 spiro atoms. The molecule has 3 aromatic rings. The molecule has 1 aromatic heterocycles. The van der Waals surface area contributed by atoms with Crippen LogP contribution in [0.3, 0.4) is 0 Å². The van der Waals surface area contributed by atoms with Gasteiger partial charge in [0.25, 0.3) is 0 Å². The van der Waals surface area contributed by atoms with Crippen molar-refractivity contribution in [2.24, 2.45) is 0 Å². The van der Waals surface area contributed by atoms with Gasteiger partial charge in [-0.05, 0) is 56.3 Å². The first-order valence-corrected chi connectivity index (χ1v) is 10.3. The van der Waals surface area contributed by atoms with E-state index in [1.165, 1.54) is 24.3 Å². The first-order valence-electron chi connectivity index (χ1n) is 8.75. The molecule has 2 heterocycles. The van der Waals surface area contributed by atoms with Gasteiger partial charge in [-0.25, -0.2) is 4.79 Å². The molecule has 0 atom stereocenters. The van der Waals surface area contributed by atoms with Gasteiger partial charge in [0.1, 0.15) is 23.0 Å². The molecule has 7 nitrogen and oxygen atoms in total. The summed E-state index contributed by atoms with van der Waals surface area (Å²) in [4.78, 5) is 14.0. The Bertz CT molecular complexity index is 1160. The minimum atomic E-state index is -3.79. The van der Waals surface area contributed by atoms with Crippen molar-refractivity contribution in [2.75, 3.05) is 19.0 Å². The molecule has 1 fully saturated rings. The molecule has 27 heavy (non-hydrogen) atoms. The molecule has 142 valence electrons. The number of likely N-dealkylation sites (tertiary alicyclic amines) is 1. The second-order valence-corrected chi connectivity index (χ2v) is 8.27. The maximum Gasteiger partial charge on any atom is 0.344 e. The molecule has 8 heteroatoms. The highest BCUT2D eigenvalue weighted by Crippen LogP contribution is 2.28. The minimum absolute atomic E-state index is 0.0297. The molecule has 0 saturated carbocycles. The molecule has 1 aliphatic rings. The molecule has 0 aliphatic carbocycles. The van der Waals surface area contributed by atoms with Gasteiger partial charge in [-0.3, -0.25) is 4.90 Å². The van der Waals surface area contributed by atoms with Crippen LogP contribution in [0.15, 0.2) is 45.6 Å². The van der Waals surface area contributed by atoms with Gasteiger partial charge in [0, 0.05) is 16.8 Å². The van der Waals surface area contributed by atoms with Gasteiger partial charge >= 0.3 is 15.7 Å². The Morgan fingerprint density at radius 2 is 1.74 bits per heavy atom. The van der Waals surface area contributed by atoms with Crippen molar-refractivity contribution in [3.05, 3.63) is 46.8 Å². The Kier molecular flexibility index (Phi) is 4.53. The summed E-state index contributed by atoms with van der Waals surface area (Å²) in [6.45, 7) is 1.49. The first-order chi connectivity index (χ1) is 12.9. The van der Waals surface area contributed by atoms with E-state index in [2.05, 4.69) is 0 Å². The summed E-state index contributed by atoms with van der Waals surface area (Å²) in [6, 6.07) is 9.02. The zero-order valence-electron chi connectivity index (χ0n) is 14.6. The lowest BCUT2D eigenvalue weighted by atomic mass is 10.1. The van der Waals surface area contributed by atoms with E-state index in [-0.39, 0.29) is 28.3 Å². The highest BCUT2D eigenvalue weighted by molar-refractivity contribution is 7.87. The van der Waals surface area contributed by atoms with Gasteiger partial charge < -0.3 is 13.7 Å². The number of hydrogen-bond acceptors (Lipinski definition) is 7. The number of hydrogen-bond donors (Lipinski definition) is 1. The minimum Gasteiger partial charge on any atom is -0.508 e. The molecular weight excluding hydrogens is 370 g/mol. The Hall–Kier alpha value is -2.58. The zero-order valence-corrected chi connectivity index (χ0v) is 15.4. The lowest BCUT2D eigenvalue weighted by Gasteiger charge is -2.25. The van der Waals surface area contributed by atoms with E-state index in [1.54, 1.807) is 12.1 Å². The molecule has 1 saturated heterocycles. The fourth-order valence-corrected chi connectivity index (χ4v) is 4.59. The van der Waals surface area contributed by atoms with Crippen molar-refractivity contribution in [1.82, 2.24) is 4.90 Å². The molecule has 0 amide bonds. The van der Waals surface area contributed by atoms with Crippen LogP contribution < -0.4 is 9.81 Å². The van der Waals surface area contributed by atoms with Crippen molar-refractivity contribution >= 4 is 31.9 Å². The van der Waals surface area contributed by atoms with E-state index >= 15 is 0 Å². The quantitative estimate of drug-likeness (QED) is 0.416. The number of fused-ring (bicyclic) bond motifs is 3. The van der Waals surface area contributed by atoms with Crippen molar-refractivity contribution in [3.8, 4) is 11.5 Å². The molecule has 0 bridgehead atoms. The predicted molar refractivity (Wildman–Crippen MR) is 101 cm³/mol. The number of rotatable bonds is 4. The van der Waals surface area contributed by atoms with Gasteiger partial charge in [-0.1, -0.05) is 6.42 Å². The Labute approximate surface area is 155 Å². The second-order valence-electron chi connectivity index (χ2n) is 6.73. The maximum absolute atomic E-state index is 12.3. The Balaban J connectivity index is 1.66. The van der Waals surface area contributed by atoms with E-state index < -0.39 is 15.7 Å². The number of aromatic hydroxyl groups is 1. The average molecular weight is 389 g/mol. The van der Waals surface area contributed by atoms with Crippen LogP contribution in [0.25, 0.3) is 21.7 Å². The number of phenolic OH excluding ortho intramolecular Hbond substituents is 1. The van der Waals surface area contributed by atoms with Crippen LogP contribution in [0.2, 0.25) is 0 Å². The van der Waals surface area contributed by atoms with Crippen molar-refractivity contribution in [3.63, 3.8) is 0 Å². The van der Waals surface area contributed by atoms with E-state index in [0.29, 0.717) is 10.8 Å². The molecule has 1 aliphatic heterocycles. The number of phenols is 1. The van der Waals surface area contributed by atoms with E-state index in [1.807, 2.05) is 4.90 Å². The van der Waals surface area contributed by atoms with Crippen molar-refractivity contribution in [1.29, 1.82) is 0 Å². The van der Waals surface area contributed by atoms with E-state index in [4.69, 9.17) is 8.60 Å². The molecule has 0 unspecified atom stereocenters. The Morgan fingerprint density at radius 3 is 2.52 bits per heavy atom. The Morgan fingerprint density at radius 1 is 1.00 bits per heavy atom. The third kappa shape index (κ3) is 3.77. The third-order valence-electron chi connectivity index (χ3n) is 4.68.